The molecule has 0 aliphatic rings. The molecule has 0 N–H and O–H groups in total. The number of rotatable bonds is 1. The summed E-state index contributed by atoms with van der Waals surface area (Å²) in [6.07, 6.45) is 1.87. The summed E-state index contributed by atoms with van der Waals surface area (Å²) in [4.78, 5) is 4.48. The number of aromatic nitrogens is 2. The zero-order valence-electron chi connectivity index (χ0n) is 12.7. The van der Waals surface area contributed by atoms with E-state index in [1.807, 2.05) is 36.7 Å². The molecule has 0 amide bonds. The summed E-state index contributed by atoms with van der Waals surface area (Å²) in [7, 11) is 0. The number of para-hydroxylation sites is 2. The molecule has 110 valence electrons. The topological polar surface area (TPSA) is 31.0 Å². The summed E-state index contributed by atoms with van der Waals surface area (Å²) in [5.74, 6) is 0. The van der Waals surface area contributed by atoms with Crippen LogP contribution in [0.4, 0.5) is 0 Å². The minimum atomic E-state index is 0.916. The number of furan rings is 1. The second-order valence-corrected chi connectivity index (χ2v) is 5.89. The van der Waals surface area contributed by atoms with Gasteiger partial charge >= 0.3 is 0 Å². The van der Waals surface area contributed by atoms with Gasteiger partial charge in [-0.2, -0.15) is 0 Å². The maximum atomic E-state index is 5.94. The molecule has 5 rings (SSSR count). The minimum absolute atomic E-state index is 0.916. The van der Waals surface area contributed by atoms with Crippen molar-refractivity contribution in [3.8, 4) is 5.69 Å². The van der Waals surface area contributed by atoms with E-state index in [0.717, 1.165) is 38.7 Å². The average molecular weight is 298 g/mol. The first-order chi connectivity index (χ1) is 11.3. The normalized spacial score (nSPS) is 11.7. The predicted octanol–water partition coefficient (Wildman–Crippen LogP) is 5.23. The first-order valence-electron chi connectivity index (χ1n) is 7.65. The summed E-state index contributed by atoms with van der Waals surface area (Å²) in [6, 6.07) is 20.7. The molecular weight excluding hydrogens is 284 g/mol. The van der Waals surface area contributed by atoms with Crippen molar-refractivity contribution in [3.63, 3.8) is 0 Å². The first-order valence-corrected chi connectivity index (χ1v) is 7.65. The van der Waals surface area contributed by atoms with E-state index in [0.29, 0.717) is 0 Å². The van der Waals surface area contributed by atoms with Crippen LogP contribution in [-0.2, 0) is 0 Å². The van der Waals surface area contributed by atoms with Crippen LogP contribution in [0.15, 0.2) is 71.4 Å². The van der Waals surface area contributed by atoms with E-state index in [1.54, 1.807) is 0 Å². The van der Waals surface area contributed by atoms with E-state index in [1.165, 1.54) is 5.56 Å². The SMILES string of the molecule is Cc1ccc2oc3ccc(-n4cnc5ccccc54)cc3c2c1. The smallest absolute Gasteiger partial charge is 0.135 e. The highest BCUT2D eigenvalue weighted by Crippen LogP contribution is 2.31. The van der Waals surface area contributed by atoms with Crippen LogP contribution >= 0.6 is 0 Å². The lowest BCUT2D eigenvalue weighted by Crippen LogP contribution is -1.91. The summed E-state index contributed by atoms with van der Waals surface area (Å²) < 4.78 is 8.06. The van der Waals surface area contributed by atoms with Crippen molar-refractivity contribution in [1.29, 1.82) is 0 Å². The lowest BCUT2D eigenvalue weighted by molar-refractivity contribution is 0.669. The van der Waals surface area contributed by atoms with E-state index < -0.39 is 0 Å². The van der Waals surface area contributed by atoms with Crippen LogP contribution in [0.3, 0.4) is 0 Å². The highest BCUT2D eigenvalue weighted by atomic mass is 16.3. The second-order valence-electron chi connectivity index (χ2n) is 5.89. The molecule has 2 heterocycles. The van der Waals surface area contributed by atoms with Gasteiger partial charge < -0.3 is 4.42 Å². The molecule has 0 spiro atoms. The van der Waals surface area contributed by atoms with E-state index >= 15 is 0 Å². The van der Waals surface area contributed by atoms with Crippen LogP contribution in [0.1, 0.15) is 5.56 Å². The molecule has 3 heteroatoms. The maximum Gasteiger partial charge on any atom is 0.135 e. The highest BCUT2D eigenvalue weighted by molar-refractivity contribution is 6.05. The number of hydrogen-bond acceptors (Lipinski definition) is 2. The molecule has 0 bridgehead atoms. The zero-order valence-corrected chi connectivity index (χ0v) is 12.7. The number of benzene rings is 3. The van der Waals surface area contributed by atoms with Gasteiger partial charge in [0, 0.05) is 16.5 Å². The van der Waals surface area contributed by atoms with Crippen molar-refractivity contribution in [2.45, 2.75) is 6.92 Å². The Morgan fingerprint density at radius 3 is 2.57 bits per heavy atom. The molecule has 0 aliphatic heterocycles. The summed E-state index contributed by atoms with van der Waals surface area (Å²) >= 11 is 0. The first kappa shape index (κ1) is 12.5. The Morgan fingerprint density at radius 1 is 0.870 bits per heavy atom. The fraction of sp³-hybridized carbons (Fsp3) is 0.0500. The molecule has 3 aromatic carbocycles. The summed E-state index contributed by atoms with van der Waals surface area (Å²) in [5, 5.41) is 2.30. The third-order valence-electron chi connectivity index (χ3n) is 4.34. The third kappa shape index (κ3) is 1.80. The van der Waals surface area contributed by atoms with Gasteiger partial charge in [0.25, 0.3) is 0 Å². The van der Waals surface area contributed by atoms with Crippen LogP contribution in [0.5, 0.6) is 0 Å². The number of aryl methyl sites for hydroxylation is 1. The van der Waals surface area contributed by atoms with Gasteiger partial charge in [0.05, 0.1) is 11.0 Å². The van der Waals surface area contributed by atoms with E-state index in [9.17, 15) is 0 Å². The molecule has 0 saturated carbocycles. The van der Waals surface area contributed by atoms with Crippen LogP contribution in [0.2, 0.25) is 0 Å². The lowest BCUT2D eigenvalue weighted by atomic mass is 10.1. The number of imidazole rings is 1. The number of nitrogens with zero attached hydrogens (tertiary/aromatic N) is 2. The zero-order chi connectivity index (χ0) is 15.4. The van der Waals surface area contributed by atoms with Crippen LogP contribution in [-0.4, -0.2) is 9.55 Å². The van der Waals surface area contributed by atoms with Crippen LogP contribution in [0.25, 0.3) is 38.7 Å². The molecule has 23 heavy (non-hydrogen) atoms. The molecule has 3 nitrogen and oxygen atoms in total. The van der Waals surface area contributed by atoms with Crippen molar-refractivity contribution in [2.24, 2.45) is 0 Å². The third-order valence-corrected chi connectivity index (χ3v) is 4.34. The monoisotopic (exact) mass is 298 g/mol. The fourth-order valence-electron chi connectivity index (χ4n) is 3.19. The molecule has 0 saturated heterocycles. The Balaban J connectivity index is 1.82. The van der Waals surface area contributed by atoms with Gasteiger partial charge in [0.2, 0.25) is 0 Å². The largest absolute Gasteiger partial charge is 0.456 e. The van der Waals surface area contributed by atoms with Crippen LogP contribution in [0, 0.1) is 6.92 Å². The van der Waals surface area contributed by atoms with Gasteiger partial charge in [-0.3, -0.25) is 4.57 Å². The van der Waals surface area contributed by atoms with Gasteiger partial charge in [-0.1, -0.05) is 23.8 Å². The Morgan fingerprint density at radius 2 is 1.65 bits per heavy atom. The average Bonchev–Trinajstić information content (AvgIpc) is 3.15. The standard InChI is InChI=1S/C20H14N2O/c1-13-6-8-19-15(10-13)16-11-14(7-9-20(16)23-19)22-12-21-17-4-2-3-5-18(17)22/h2-12H,1H3. The molecule has 0 fully saturated rings. The van der Waals surface area contributed by atoms with Gasteiger partial charge in [-0.05, 0) is 49.4 Å². The lowest BCUT2D eigenvalue weighted by Gasteiger charge is -2.04. The molecule has 0 radical (unpaired) electrons. The van der Waals surface area contributed by atoms with E-state index in [4.69, 9.17) is 4.42 Å². The van der Waals surface area contributed by atoms with Crippen molar-refractivity contribution in [3.05, 3.63) is 72.6 Å². The Labute approximate surface area is 132 Å². The number of hydrogen-bond donors (Lipinski definition) is 0. The predicted molar refractivity (Wildman–Crippen MR) is 93.1 cm³/mol. The summed E-state index contributed by atoms with van der Waals surface area (Å²) in [5.41, 5.74) is 6.28. The van der Waals surface area contributed by atoms with Crippen molar-refractivity contribution < 1.29 is 4.42 Å². The van der Waals surface area contributed by atoms with Gasteiger partial charge in [-0.25, -0.2) is 4.98 Å². The maximum absolute atomic E-state index is 5.94. The van der Waals surface area contributed by atoms with E-state index in [-0.39, 0.29) is 0 Å². The molecule has 2 aromatic heterocycles. The summed E-state index contributed by atoms with van der Waals surface area (Å²) in [6.45, 7) is 2.10. The number of fused-ring (bicyclic) bond motifs is 4. The Bertz CT molecular complexity index is 1180. The Kier molecular flexibility index (Phi) is 2.42. The molecular formula is C20H14N2O. The molecule has 0 atom stereocenters. The van der Waals surface area contributed by atoms with Gasteiger partial charge in [0.15, 0.2) is 0 Å². The Hall–Kier alpha value is -3.07. The molecule has 5 aromatic rings. The highest BCUT2D eigenvalue weighted by Gasteiger charge is 2.10. The van der Waals surface area contributed by atoms with Crippen LogP contribution < -0.4 is 0 Å². The fourth-order valence-corrected chi connectivity index (χ4v) is 3.19. The van der Waals surface area contributed by atoms with E-state index in [2.05, 4.69) is 46.8 Å². The minimum Gasteiger partial charge on any atom is -0.456 e. The second kappa shape index (κ2) is 4.46. The van der Waals surface area contributed by atoms with Gasteiger partial charge in [0.1, 0.15) is 17.5 Å². The molecule has 0 aliphatic carbocycles. The quantitative estimate of drug-likeness (QED) is 0.424. The van der Waals surface area contributed by atoms with Crippen molar-refractivity contribution in [2.75, 3.05) is 0 Å². The van der Waals surface area contributed by atoms with Crippen molar-refractivity contribution >= 4 is 33.0 Å². The van der Waals surface area contributed by atoms with Crippen molar-refractivity contribution in [1.82, 2.24) is 9.55 Å². The molecule has 0 unspecified atom stereocenters. The van der Waals surface area contributed by atoms with Gasteiger partial charge in [-0.15, -0.1) is 0 Å².